The second kappa shape index (κ2) is 11.6. The number of hydrogen-bond acceptors (Lipinski definition) is 2. The van der Waals surface area contributed by atoms with Gasteiger partial charge in [-0.2, -0.15) is 0 Å². The average molecular weight is 256 g/mol. The number of hydrogen-bond donors (Lipinski definition) is 0. The Kier molecular flexibility index (Phi) is 11.2. The molecule has 108 valence electrons. The first kappa shape index (κ1) is 17.5. The molecule has 0 bridgehead atoms. The van der Waals surface area contributed by atoms with Gasteiger partial charge in [-0.25, -0.2) is 0 Å². The molecule has 0 aromatic heterocycles. The van der Waals surface area contributed by atoms with E-state index in [0.717, 1.165) is 31.6 Å². The SMILES string of the molecule is CCCCC(C)C(=O)OCCCCCCC(C)C. The van der Waals surface area contributed by atoms with Crippen LogP contribution in [0.3, 0.4) is 0 Å². The molecule has 0 aromatic carbocycles. The second-order valence-corrected chi connectivity index (χ2v) is 5.81. The molecule has 18 heavy (non-hydrogen) atoms. The third kappa shape index (κ3) is 10.6. The summed E-state index contributed by atoms with van der Waals surface area (Å²) in [5.41, 5.74) is 0. The van der Waals surface area contributed by atoms with Crippen molar-refractivity contribution in [1.82, 2.24) is 0 Å². The molecule has 0 spiro atoms. The first-order valence-corrected chi connectivity index (χ1v) is 7.74. The van der Waals surface area contributed by atoms with Gasteiger partial charge in [0.15, 0.2) is 0 Å². The summed E-state index contributed by atoms with van der Waals surface area (Å²) in [5, 5.41) is 0. The first-order chi connectivity index (χ1) is 8.57. The predicted octanol–water partition coefficient (Wildman–Crippen LogP) is 4.96. The Labute approximate surface area is 113 Å². The van der Waals surface area contributed by atoms with Gasteiger partial charge in [0.25, 0.3) is 0 Å². The Morgan fingerprint density at radius 2 is 1.61 bits per heavy atom. The minimum absolute atomic E-state index is 0.00868. The Morgan fingerprint density at radius 1 is 0.944 bits per heavy atom. The lowest BCUT2D eigenvalue weighted by molar-refractivity contribution is -0.148. The van der Waals surface area contributed by atoms with Crippen LogP contribution in [0.1, 0.15) is 79.1 Å². The summed E-state index contributed by atoms with van der Waals surface area (Å²) < 4.78 is 5.29. The highest BCUT2D eigenvalue weighted by molar-refractivity contribution is 5.71. The number of rotatable bonds is 11. The number of carbonyl (C=O) groups excluding carboxylic acids is 1. The van der Waals surface area contributed by atoms with Crippen LogP contribution < -0.4 is 0 Å². The lowest BCUT2D eigenvalue weighted by Crippen LogP contribution is -2.15. The molecule has 2 heteroatoms. The topological polar surface area (TPSA) is 26.3 Å². The van der Waals surface area contributed by atoms with Gasteiger partial charge in [0, 0.05) is 0 Å². The van der Waals surface area contributed by atoms with E-state index in [9.17, 15) is 4.79 Å². The fourth-order valence-electron chi connectivity index (χ4n) is 1.95. The van der Waals surface area contributed by atoms with Gasteiger partial charge in [-0.05, 0) is 18.8 Å². The van der Waals surface area contributed by atoms with Crippen molar-refractivity contribution in [3.05, 3.63) is 0 Å². The molecule has 0 aliphatic heterocycles. The Bertz CT molecular complexity index is 199. The van der Waals surface area contributed by atoms with Gasteiger partial charge >= 0.3 is 5.97 Å². The fourth-order valence-corrected chi connectivity index (χ4v) is 1.95. The Morgan fingerprint density at radius 3 is 2.22 bits per heavy atom. The van der Waals surface area contributed by atoms with E-state index < -0.39 is 0 Å². The number of esters is 1. The molecule has 1 unspecified atom stereocenters. The molecule has 0 rings (SSSR count). The molecule has 0 aromatic rings. The number of unbranched alkanes of at least 4 members (excludes halogenated alkanes) is 4. The van der Waals surface area contributed by atoms with Gasteiger partial charge in [-0.1, -0.05) is 66.2 Å². The molecule has 2 nitrogen and oxygen atoms in total. The molecular weight excluding hydrogens is 224 g/mol. The maximum absolute atomic E-state index is 11.6. The van der Waals surface area contributed by atoms with Crippen LogP contribution in [0.4, 0.5) is 0 Å². The molecule has 0 saturated carbocycles. The van der Waals surface area contributed by atoms with Crippen LogP contribution in [0.25, 0.3) is 0 Å². The average Bonchev–Trinajstić information content (AvgIpc) is 2.34. The van der Waals surface area contributed by atoms with Crippen molar-refractivity contribution < 1.29 is 9.53 Å². The molecule has 0 radical (unpaired) electrons. The van der Waals surface area contributed by atoms with Crippen LogP contribution in [0.15, 0.2) is 0 Å². The van der Waals surface area contributed by atoms with Crippen LogP contribution >= 0.6 is 0 Å². The molecular formula is C16H32O2. The minimum Gasteiger partial charge on any atom is -0.465 e. The van der Waals surface area contributed by atoms with E-state index in [1.54, 1.807) is 0 Å². The summed E-state index contributed by atoms with van der Waals surface area (Å²) in [4.78, 5) is 11.6. The Hall–Kier alpha value is -0.530. The van der Waals surface area contributed by atoms with E-state index in [4.69, 9.17) is 4.74 Å². The van der Waals surface area contributed by atoms with Crippen molar-refractivity contribution in [2.24, 2.45) is 11.8 Å². The molecule has 0 N–H and O–H groups in total. The molecule has 0 amide bonds. The van der Waals surface area contributed by atoms with Gasteiger partial charge in [0.2, 0.25) is 0 Å². The van der Waals surface area contributed by atoms with E-state index in [-0.39, 0.29) is 11.9 Å². The van der Waals surface area contributed by atoms with Crippen molar-refractivity contribution in [3.63, 3.8) is 0 Å². The van der Waals surface area contributed by atoms with Crippen molar-refractivity contribution in [3.8, 4) is 0 Å². The zero-order valence-electron chi connectivity index (χ0n) is 12.8. The summed E-state index contributed by atoms with van der Waals surface area (Å²) >= 11 is 0. The monoisotopic (exact) mass is 256 g/mol. The molecule has 0 fully saturated rings. The zero-order valence-corrected chi connectivity index (χ0v) is 12.8. The third-order valence-corrected chi connectivity index (χ3v) is 3.31. The number of ether oxygens (including phenoxy) is 1. The highest BCUT2D eigenvalue weighted by atomic mass is 16.5. The highest BCUT2D eigenvalue weighted by Gasteiger charge is 2.12. The van der Waals surface area contributed by atoms with Gasteiger partial charge in [-0.3, -0.25) is 4.79 Å². The van der Waals surface area contributed by atoms with Crippen LogP contribution in [0.2, 0.25) is 0 Å². The van der Waals surface area contributed by atoms with E-state index in [1.807, 2.05) is 6.92 Å². The van der Waals surface area contributed by atoms with Crippen molar-refractivity contribution in [1.29, 1.82) is 0 Å². The predicted molar refractivity (Wildman–Crippen MR) is 77.6 cm³/mol. The zero-order chi connectivity index (χ0) is 13.8. The van der Waals surface area contributed by atoms with Gasteiger partial charge < -0.3 is 4.74 Å². The molecule has 0 heterocycles. The van der Waals surface area contributed by atoms with Crippen LogP contribution in [0, 0.1) is 11.8 Å². The fraction of sp³-hybridized carbons (Fsp3) is 0.938. The Balaban J connectivity index is 3.34. The van der Waals surface area contributed by atoms with Crippen molar-refractivity contribution in [2.45, 2.75) is 79.1 Å². The van der Waals surface area contributed by atoms with Crippen LogP contribution in [0.5, 0.6) is 0 Å². The van der Waals surface area contributed by atoms with Gasteiger partial charge in [-0.15, -0.1) is 0 Å². The summed E-state index contributed by atoms with van der Waals surface area (Å²) in [5.74, 6) is 0.874. The summed E-state index contributed by atoms with van der Waals surface area (Å²) in [6.07, 6.45) is 9.31. The standard InChI is InChI=1S/C16H32O2/c1-5-6-12-15(4)16(17)18-13-10-8-7-9-11-14(2)3/h14-15H,5-13H2,1-4H3. The van der Waals surface area contributed by atoms with E-state index in [1.165, 1.54) is 25.7 Å². The molecule has 0 aliphatic rings. The van der Waals surface area contributed by atoms with Gasteiger partial charge in [0.05, 0.1) is 12.5 Å². The van der Waals surface area contributed by atoms with Crippen LogP contribution in [-0.2, 0) is 9.53 Å². The third-order valence-electron chi connectivity index (χ3n) is 3.31. The summed E-state index contributed by atoms with van der Waals surface area (Å²) in [6.45, 7) is 9.26. The number of carbonyl (C=O) groups is 1. The maximum atomic E-state index is 11.6. The first-order valence-electron chi connectivity index (χ1n) is 7.74. The van der Waals surface area contributed by atoms with E-state index >= 15 is 0 Å². The molecule has 0 saturated heterocycles. The highest BCUT2D eigenvalue weighted by Crippen LogP contribution is 2.11. The lowest BCUT2D eigenvalue weighted by atomic mass is 10.0. The van der Waals surface area contributed by atoms with E-state index in [2.05, 4.69) is 20.8 Å². The normalized spacial score (nSPS) is 12.7. The minimum atomic E-state index is -0.00868. The largest absolute Gasteiger partial charge is 0.465 e. The summed E-state index contributed by atoms with van der Waals surface area (Å²) in [7, 11) is 0. The molecule has 1 atom stereocenters. The quantitative estimate of drug-likeness (QED) is 0.385. The van der Waals surface area contributed by atoms with Crippen LogP contribution in [-0.4, -0.2) is 12.6 Å². The van der Waals surface area contributed by atoms with Gasteiger partial charge in [0.1, 0.15) is 0 Å². The lowest BCUT2D eigenvalue weighted by Gasteiger charge is -2.10. The molecule has 0 aliphatic carbocycles. The smallest absolute Gasteiger partial charge is 0.308 e. The summed E-state index contributed by atoms with van der Waals surface area (Å²) in [6, 6.07) is 0. The second-order valence-electron chi connectivity index (χ2n) is 5.81. The maximum Gasteiger partial charge on any atom is 0.308 e. The van der Waals surface area contributed by atoms with Crippen molar-refractivity contribution >= 4 is 5.97 Å². The van der Waals surface area contributed by atoms with E-state index in [0.29, 0.717) is 6.61 Å². The van der Waals surface area contributed by atoms with Crippen molar-refractivity contribution in [2.75, 3.05) is 6.61 Å².